The molecular weight excluding hydrogens is 384 g/mol. The van der Waals surface area contributed by atoms with Crippen LogP contribution in [-0.4, -0.2) is 18.2 Å². The third-order valence-corrected chi connectivity index (χ3v) is 8.25. The van der Waals surface area contributed by atoms with Crippen LogP contribution in [0.1, 0.15) is 54.4 Å². The van der Waals surface area contributed by atoms with Crippen molar-refractivity contribution < 1.29 is 14.6 Å². The van der Waals surface area contributed by atoms with Crippen LogP contribution in [-0.2, 0) is 5.41 Å². The Labute approximate surface area is 183 Å². The first-order valence-electron chi connectivity index (χ1n) is 11.5. The summed E-state index contributed by atoms with van der Waals surface area (Å²) in [6.07, 6.45) is 8.19. The average molecular weight is 413 g/mol. The van der Waals surface area contributed by atoms with Crippen LogP contribution in [0.2, 0.25) is 0 Å². The van der Waals surface area contributed by atoms with Gasteiger partial charge in [0.05, 0.1) is 12.7 Å². The molecule has 0 amide bonds. The molecule has 7 rings (SSSR count). The molecule has 4 aliphatic rings. The summed E-state index contributed by atoms with van der Waals surface area (Å²) in [6, 6.07) is 18.2. The summed E-state index contributed by atoms with van der Waals surface area (Å²) in [5, 5.41) is 11.7. The molecule has 31 heavy (non-hydrogen) atoms. The Kier molecular flexibility index (Phi) is 4.18. The molecule has 0 spiro atoms. The van der Waals surface area contributed by atoms with E-state index in [1.807, 2.05) is 12.1 Å². The predicted octanol–water partition coefficient (Wildman–Crippen LogP) is 6.68. The summed E-state index contributed by atoms with van der Waals surface area (Å²) in [7, 11) is 1.81. The highest BCUT2D eigenvalue weighted by molar-refractivity contribution is 5.98. The standard InChI is InChI=1S/C28H28O3/c1-31-26-12-22-3-2-4-23(20-5-7-21(8-6-20)27(29)30)24(22)13-25(26)28-14-17-9-18(15-28)11-19(10-17)16-28/h2-8,12-13,17-19H,9-11,14-16H2,1H3,(H,29,30). The molecule has 3 aromatic rings. The Hall–Kier alpha value is -2.81. The van der Waals surface area contributed by atoms with Crippen LogP contribution in [0.4, 0.5) is 0 Å². The predicted molar refractivity (Wildman–Crippen MR) is 123 cm³/mol. The Morgan fingerprint density at radius 3 is 2.16 bits per heavy atom. The van der Waals surface area contributed by atoms with Gasteiger partial charge in [-0.3, -0.25) is 0 Å². The summed E-state index contributed by atoms with van der Waals surface area (Å²) in [5.74, 6) is 2.78. The van der Waals surface area contributed by atoms with E-state index in [1.165, 1.54) is 54.9 Å². The van der Waals surface area contributed by atoms with E-state index in [1.54, 1.807) is 19.2 Å². The number of carbonyl (C=O) groups is 1. The zero-order valence-corrected chi connectivity index (χ0v) is 17.9. The van der Waals surface area contributed by atoms with Gasteiger partial charge in [-0.2, -0.15) is 0 Å². The monoisotopic (exact) mass is 412 g/mol. The van der Waals surface area contributed by atoms with Crippen molar-refractivity contribution in [2.45, 2.75) is 43.9 Å². The maximum absolute atomic E-state index is 11.3. The molecule has 1 N–H and O–H groups in total. The molecule has 4 saturated carbocycles. The normalized spacial score (nSPS) is 28.7. The van der Waals surface area contributed by atoms with Crippen LogP contribution in [0.3, 0.4) is 0 Å². The minimum absolute atomic E-state index is 0.258. The fourth-order valence-electron chi connectivity index (χ4n) is 7.37. The molecule has 3 nitrogen and oxygen atoms in total. The number of carboxylic acid groups (broad SMARTS) is 1. The number of ether oxygens (including phenoxy) is 1. The number of hydrogen-bond acceptors (Lipinski definition) is 2. The molecule has 0 heterocycles. The third kappa shape index (κ3) is 2.97. The topological polar surface area (TPSA) is 46.5 Å². The van der Waals surface area contributed by atoms with Crippen molar-refractivity contribution in [3.8, 4) is 16.9 Å². The SMILES string of the molecule is COc1cc2cccc(-c3ccc(C(=O)O)cc3)c2cc1C12CC3CC(CC(C3)C1)C2. The second-order valence-electron chi connectivity index (χ2n) is 10.2. The molecule has 3 aromatic carbocycles. The van der Waals surface area contributed by atoms with Crippen molar-refractivity contribution in [3.63, 3.8) is 0 Å². The molecule has 4 aliphatic carbocycles. The van der Waals surface area contributed by atoms with Crippen LogP contribution in [0, 0.1) is 17.8 Å². The zero-order valence-electron chi connectivity index (χ0n) is 17.9. The largest absolute Gasteiger partial charge is 0.496 e. The lowest BCUT2D eigenvalue weighted by molar-refractivity contribution is -0.00608. The lowest BCUT2D eigenvalue weighted by atomic mass is 9.48. The number of benzene rings is 3. The van der Waals surface area contributed by atoms with E-state index < -0.39 is 5.97 Å². The Morgan fingerprint density at radius 1 is 0.935 bits per heavy atom. The molecular formula is C28H28O3. The molecule has 4 bridgehead atoms. The Bertz CT molecular complexity index is 1140. The minimum Gasteiger partial charge on any atom is -0.496 e. The van der Waals surface area contributed by atoms with E-state index in [2.05, 4.69) is 30.3 Å². The summed E-state index contributed by atoms with van der Waals surface area (Å²) in [6.45, 7) is 0. The van der Waals surface area contributed by atoms with E-state index in [0.717, 1.165) is 34.6 Å². The van der Waals surface area contributed by atoms with E-state index in [9.17, 15) is 9.90 Å². The highest BCUT2D eigenvalue weighted by atomic mass is 16.5. The summed E-state index contributed by atoms with van der Waals surface area (Å²) >= 11 is 0. The van der Waals surface area contributed by atoms with Gasteiger partial charge in [-0.25, -0.2) is 4.79 Å². The number of carboxylic acids is 1. The second kappa shape index (κ2) is 6.85. The molecule has 0 saturated heterocycles. The summed E-state index contributed by atoms with van der Waals surface area (Å²) in [4.78, 5) is 11.3. The molecule has 4 fully saturated rings. The lowest BCUT2D eigenvalue weighted by Gasteiger charge is -2.57. The number of rotatable bonds is 4. The first-order chi connectivity index (χ1) is 15.0. The lowest BCUT2D eigenvalue weighted by Crippen LogP contribution is -2.48. The molecule has 158 valence electrons. The van der Waals surface area contributed by atoms with Crippen LogP contribution in [0.5, 0.6) is 5.75 Å². The molecule has 0 atom stereocenters. The van der Waals surface area contributed by atoms with E-state index in [4.69, 9.17) is 4.74 Å². The number of aromatic carboxylic acids is 1. The van der Waals surface area contributed by atoms with Gasteiger partial charge in [0.1, 0.15) is 5.75 Å². The summed E-state index contributed by atoms with van der Waals surface area (Å²) < 4.78 is 5.97. The molecule has 0 aromatic heterocycles. The van der Waals surface area contributed by atoms with Gasteiger partial charge in [0, 0.05) is 5.56 Å². The van der Waals surface area contributed by atoms with Gasteiger partial charge in [-0.15, -0.1) is 0 Å². The number of hydrogen-bond donors (Lipinski definition) is 1. The fourth-order valence-corrected chi connectivity index (χ4v) is 7.37. The van der Waals surface area contributed by atoms with Gasteiger partial charge >= 0.3 is 5.97 Å². The summed E-state index contributed by atoms with van der Waals surface area (Å²) in [5.41, 5.74) is 4.19. The molecule has 3 heteroatoms. The van der Waals surface area contributed by atoms with Crippen LogP contribution in [0.25, 0.3) is 21.9 Å². The van der Waals surface area contributed by atoms with Crippen molar-refractivity contribution in [3.05, 3.63) is 65.7 Å². The van der Waals surface area contributed by atoms with E-state index in [0.29, 0.717) is 5.56 Å². The maximum atomic E-state index is 11.3. The Balaban J connectivity index is 1.51. The average Bonchev–Trinajstić information content (AvgIpc) is 2.77. The van der Waals surface area contributed by atoms with Crippen molar-refractivity contribution in [2.75, 3.05) is 7.11 Å². The highest BCUT2D eigenvalue weighted by Crippen LogP contribution is 2.62. The van der Waals surface area contributed by atoms with Crippen molar-refractivity contribution in [2.24, 2.45) is 17.8 Å². The zero-order chi connectivity index (χ0) is 21.2. The molecule has 0 aliphatic heterocycles. The van der Waals surface area contributed by atoms with Crippen LogP contribution >= 0.6 is 0 Å². The highest BCUT2D eigenvalue weighted by Gasteiger charge is 2.52. The van der Waals surface area contributed by atoms with Crippen LogP contribution in [0.15, 0.2) is 54.6 Å². The van der Waals surface area contributed by atoms with Gasteiger partial charge in [-0.05, 0) is 108 Å². The van der Waals surface area contributed by atoms with Crippen molar-refractivity contribution >= 4 is 16.7 Å². The number of methoxy groups -OCH3 is 1. The Morgan fingerprint density at radius 2 is 1.58 bits per heavy atom. The van der Waals surface area contributed by atoms with Crippen molar-refractivity contribution in [1.82, 2.24) is 0 Å². The smallest absolute Gasteiger partial charge is 0.335 e. The van der Waals surface area contributed by atoms with Gasteiger partial charge < -0.3 is 9.84 Å². The van der Waals surface area contributed by atoms with Gasteiger partial charge in [0.2, 0.25) is 0 Å². The number of fused-ring (bicyclic) bond motifs is 1. The van der Waals surface area contributed by atoms with Crippen molar-refractivity contribution in [1.29, 1.82) is 0 Å². The first-order valence-corrected chi connectivity index (χ1v) is 11.5. The maximum Gasteiger partial charge on any atom is 0.335 e. The van der Waals surface area contributed by atoms with E-state index >= 15 is 0 Å². The fraction of sp³-hybridized carbons (Fsp3) is 0.393. The quantitative estimate of drug-likeness (QED) is 0.520. The van der Waals surface area contributed by atoms with Gasteiger partial charge in [0.25, 0.3) is 0 Å². The molecule has 0 radical (unpaired) electrons. The van der Waals surface area contributed by atoms with Crippen LogP contribution < -0.4 is 4.74 Å². The first kappa shape index (κ1) is 18.9. The third-order valence-electron chi connectivity index (χ3n) is 8.25. The van der Waals surface area contributed by atoms with E-state index in [-0.39, 0.29) is 5.41 Å². The second-order valence-corrected chi connectivity index (χ2v) is 10.2. The molecule has 0 unspecified atom stereocenters. The van der Waals surface area contributed by atoms with Gasteiger partial charge in [0.15, 0.2) is 0 Å². The van der Waals surface area contributed by atoms with Gasteiger partial charge in [-0.1, -0.05) is 30.3 Å². The minimum atomic E-state index is -0.890.